The van der Waals surface area contributed by atoms with Gasteiger partial charge in [-0.25, -0.2) is 9.88 Å². The highest BCUT2D eigenvalue weighted by Crippen LogP contribution is 2.34. The van der Waals surface area contributed by atoms with Crippen LogP contribution >= 0.6 is 0 Å². The summed E-state index contributed by atoms with van der Waals surface area (Å²) in [6.07, 6.45) is 2.81. The molecule has 0 spiro atoms. The number of benzene rings is 1. The Morgan fingerprint density at radius 2 is 2.00 bits per heavy atom. The minimum absolute atomic E-state index is 0.288. The van der Waals surface area contributed by atoms with Crippen LogP contribution in [-0.4, -0.2) is 45.9 Å². The number of nitrogens with zero attached hydrogens (tertiary/aromatic N) is 4. The van der Waals surface area contributed by atoms with Crippen molar-refractivity contribution in [2.45, 2.75) is 33.2 Å². The number of carbonyl (C=O) groups excluding carboxylic acids is 3. The summed E-state index contributed by atoms with van der Waals surface area (Å²) in [5, 5.41) is 10.2. The molecule has 0 bridgehead atoms. The predicted molar refractivity (Wildman–Crippen MR) is 110 cm³/mol. The first-order valence-corrected chi connectivity index (χ1v) is 9.37. The second kappa shape index (κ2) is 8.26. The minimum Gasteiger partial charge on any atom is -0.561 e. The Morgan fingerprint density at radius 3 is 2.59 bits per heavy atom. The van der Waals surface area contributed by atoms with Crippen LogP contribution < -0.4 is 15.1 Å². The highest BCUT2D eigenvalue weighted by molar-refractivity contribution is 6.14. The maximum Gasteiger partial charge on any atom is 0.549 e. The second-order valence-electron chi connectivity index (χ2n) is 7.30. The van der Waals surface area contributed by atoms with Crippen molar-refractivity contribution in [2.75, 3.05) is 21.7 Å². The molecule has 0 fully saturated rings. The van der Waals surface area contributed by atoms with Gasteiger partial charge in [0.1, 0.15) is 17.3 Å². The zero-order valence-corrected chi connectivity index (χ0v) is 16.5. The van der Waals surface area contributed by atoms with Gasteiger partial charge in [0.2, 0.25) is 12.4 Å². The monoisotopic (exact) mass is 398 g/mol. The SMILES string of the molecule is CC(C)CCN1c2nc(Nc3ccc(C(=O)[OH2+])cc3)ncc2N(C=O)C(=O)[C@H]1C. The molecule has 0 radical (unpaired) electrons. The van der Waals surface area contributed by atoms with Gasteiger partial charge in [0.15, 0.2) is 5.82 Å². The summed E-state index contributed by atoms with van der Waals surface area (Å²) in [5.41, 5.74) is 1.29. The predicted octanol–water partition coefficient (Wildman–Crippen LogP) is 1.83. The van der Waals surface area contributed by atoms with Gasteiger partial charge in [0.05, 0.1) is 6.20 Å². The fourth-order valence-electron chi connectivity index (χ4n) is 3.08. The molecule has 1 aromatic heterocycles. The van der Waals surface area contributed by atoms with E-state index < -0.39 is 12.0 Å². The summed E-state index contributed by atoms with van der Waals surface area (Å²) >= 11 is 0. The van der Waals surface area contributed by atoms with Gasteiger partial charge in [0.25, 0.3) is 5.91 Å². The number of hydrogen-bond donors (Lipinski definition) is 1. The van der Waals surface area contributed by atoms with Gasteiger partial charge in [0, 0.05) is 17.0 Å². The molecule has 3 N–H and O–H groups in total. The minimum atomic E-state index is -0.755. The molecular weight excluding hydrogens is 374 g/mol. The van der Waals surface area contributed by atoms with Crippen molar-refractivity contribution < 1.29 is 19.5 Å². The van der Waals surface area contributed by atoms with Crippen LogP contribution in [0.1, 0.15) is 37.6 Å². The van der Waals surface area contributed by atoms with Gasteiger partial charge in [-0.2, -0.15) is 4.98 Å². The fraction of sp³-hybridized carbons (Fsp3) is 0.350. The number of carbonyl (C=O) groups is 3. The average molecular weight is 398 g/mol. The van der Waals surface area contributed by atoms with Crippen LogP contribution in [0.25, 0.3) is 0 Å². The van der Waals surface area contributed by atoms with Crippen LogP contribution in [0, 0.1) is 5.92 Å². The van der Waals surface area contributed by atoms with E-state index >= 15 is 0 Å². The first-order chi connectivity index (χ1) is 13.8. The van der Waals surface area contributed by atoms with Gasteiger partial charge in [-0.3, -0.25) is 9.59 Å². The van der Waals surface area contributed by atoms with Gasteiger partial charge in [-0.15, -0.1) is 0 Å². The maximum absolute atomic E-state index is 12.6. The molecule has 9 heteroatoms. The lowest BCUT2D eigenvalue weighted by molar-refractivity contribution is -0.123. The van der Waals surface area contributed by atoms with E-state index in [0.29, 0.717) is 42.0 Å². The van der Waals surface area contributed by atoms with Crippen LogP contribution in [0.15, 0.2) is 30.5 Å². The summed E-state index contributed by atoms with van der Waals surface area (Å²) in [4.78, 5) is 46.9. The molecule has 1 atom stereocenters. The molecule has 1 aromatic carbocycles. The van der Waals surface area contributed by atoms with Crippen molar-refractivity contribution in [1.29, 1.82) is 0 Å². The smallest absolute Gasteiger partial charge is 0.549 e. The summed E-state index contributed by atoms with van der Waals surface area (Å²) < 4.78 is 0. The molecule has 9 nitrogen and oxygen atoms in total. The number of aromatic nitrogens is 2. The first kappa shape index (κ1) is 20.2. The number of rotatable bonds is 7. The molecule has 0 saturated carbocycles. The highest BCUT2D eigenvalue weighted by Gasteiger charge is 2.37. The van der Waals surface area contributed by atoms with Crippen LogP contribution in [0.4, 0.5) is 23.1 Å². The maximum atomic E-state index is 12.6. The Kier molecular flexibility index (Phi) is 5.76. The number of fused-ring (bicyclic) bond motifs is 1. The lowest BCUT2D eigenvalue weighted by atomic mass is 10.1. The van der Waals surface area contributed by atoms with Crippen molar-refractivity contribution in [3.63, 3.8) is 0 Å². The molecule has 0 unspecified atom stereocenters. The molecule has 0 aliphatic carbocycles. The number of hydrogen-bond acceptors (Lipinski definition) is 7. The molecule has 152 valence electrons. The van der Waals surface area contributed by atoms with Crippen molar-refractivity contribution in [1.82, 2.24) is 9.97 Å². The molecule has 2 heterocycles. The number of nitrogens with one attached hydrogen (secondary N) is 1. The quantitative estimate of drug-likeness (QED) is 0.558. The third kappa shape index (κ3) is 4.18. The van der Waals surface area contributed by atoms with Crippen LogP contribution in [0.2, 0.25) is 0 Å². The molecule has 3 rings (SSSR count). The Labute approximate surface area is 168 Å². The largest absolute Gasteiger partial charge is 0.561 e. The van der Waals surface area contributed by atoms with E-state index in [0.717, 1.165) is 11.3 Å². The van der Waals surface area contributed by atoms with Gasteiger partial charge in [-0.05, 0) is 43.5 Å². The van der Waals surface area contributed by atoms with Crippen molar-refractivity contribution >= 4 is 41.4 Å². The second-order valence-corrected chi connectivity index (χ2v) is 7.30. The van der Waals surface area contributed by atoms with E-state index in [1.807, 2.05) is 4.90 Å². The number of imide groups is 1. The molecule has 1 aliphatic rings. The van der Waals surface area contributed by atoms with Gasteiger partial charge < -0.3 is 15.3 Å². The molecule has 2 aromatic rings. The van der Waals surface area contributed by atoms with Gasteiger partial charge in [-0.1, -0.05) is 13.8 Å². The van der Waals surface area contributed by atoms with Crippen molar-refractivity contribution in [3.05, 3.63) is 36.0 Å². The Bertz CT molecular complexity index is 929. The Balaban J connectivity index is 1.93. The van der Waals surface area contributed by atoms with E-state index in [9.17, 15) is 14.4 Å². The zero-order valence-electron chi connectivity index (χ0n) is 16.5. The van der Waals surface area contributed by atoms with Crippen molar-refractivity contribution in [2.24, 2.45) is 5.92 Å². The van der Waals surface area contributed by atoms with E-state index in [4.69, 9.17) is 5.11 Å². The van der Waals surface area contributed by atoms with Gasteiger partial charge >= 0.3 is 5.97 Å². The van der Waals surface area contributed by atoms with Crippen LogP contribution in [0.3, 0.4) is 0 Å². The summed E-state index contributed by atoms with van der Waals surface area (Å²) in [7, 11) is 0. The third-order valence-corrected chi connectivity index (χ3v) is 4.80. The van der Waals surface area contributed by atoms with Crippen LogP contribution in [0.5, 0.6) is 0 Å². The summed E-state index contributed by atoms with van der Waals surface area (Å²) in [6.45, 7) is 6.59. The topological polar surface area (TPSA) is 118 Å². The fourth-order valence-corrected chi connectivity index (χ4v) is 3.08. The third-order valence-electron chi connectivity index (χ3n) is 4.80. The number of amides is 2. The molecule has 29 heavy (non-hydrogen) atoms. The summed E-state index contributed by atoms with van der Waals surface area (Å²) in [5.74, 6) is 0.199. The Hall–Kier alpha value is -3.49. The molecule has 1 aliphatic heterocycles. The lowest BCUT2D eigenvalue weighted by Crippen LogP contribution is -2.52. The Morgan fingerprint density at radius 1 is 1.31 bits per heavy atom. The lowest BCUT2D eigenvalue weighted by Gasteiger charge is -2.38. The molecular formula is C20H24N5O4+. The van der Waals surface area contributed by atoms with Crippen molar-refractivity contribution in [3.8, 4) is 0 Å². The summed E-state index contributed by atoms with van der Waals surface area (Å²) in [6, 6.07) is 5.88. The zero-order chi connectivity index (χ0) is 21.1. The van der Waals surface area contributed by atoms with E-state index in [1.165, 1.54) is 6.20 Å². The highest BCUT2D eigenvalue weighted by atomic mass is 16.4. The van der Waals surface area contributed by atoms with E-state index in [1.54, 1.807) is 31.2 Å². The van der Waals surface area contributed by atoms with E-state index in [2.05, 4.69) is 29.1 Å². The van der Waals surface area contributed by atoms with Crippen LogP contribution in [-0.2, 0) is 9.59 Å². The molecule has 0 saturated heterocycles. The standard InChI is InChI=1S/C20H23N5O4/c1-12(2)8-9-24-13(3)18(27)25(11-26)16-10-21-20(23-17(16)24)22-15-6-4-14(5-7-15)19(28)29/h4-7,10-13H,8-9H2,1-3H3,(H,28,29)(H,21,22,23)/p+1/t13-/m1/s1. The number of anilines is 4. The average Bonchev–Trinajstić information content (AvgIpc) is 2.69. The normalized spacial score (nSPS) is 16.0. The van der Waals surface area contributed by atoms with E-state index in [-0.39, 0.29) is 11.5 Å². The first-order valence-electron chi connectivity index (χ1n) is 9.37. The molecule has 2 amide bonds.